The highest BCUT2D eigenvalue weighted by molar-refractivity contribution is 6.31. The number of carbonyl (C=O) groups excluding carboxylic acids is 1. The SMILES string of the molecule is Cl.O=C(NCCc1ccccc1Cl)C1CNCCO1. The smallest absolute Gasteiger partial charge is 0.250 e. The summed E-state index contributed by atoms with van der Waals surface area (Å²) in [5.41, 5.74) is 1.04. The van der Waals surface area contributed by atoms with Gasteiger partial charge in [-0.3, -0.25) is 4.79 Å². The molecular weight excluding hydrogens is 287 g/mol. The van der Waals surface area contributed by atoms with Gasteiger partial charge in [0.25, 0.3) is 0 Å². The Balaban J connectivity index is 0.00000180. The Hall–Kier alpha value is -0.810. The van der Waals surface area contributed by atoms with E-state index in [1.807, 2.05) is 24.3 Å². The molecule has 0 aromatic heterocycles. The number of nitrogens with one attached hydrogen (secondary N) is 2. The van der Waals surface area contributed by atoms with Crippen LogP contribution >= 0.6 is 24.0 Å². The number of benzene rings is 1. The first-order valence-electron chi connectivity index (χ1n) is 6.11. The molecule has 1 heterocycles. The van der Waals surface area contributed by atoms with Crippen LogP contribution in [0.1, 0.15) is 5.56 Å². The Bertz CT molecular complexity index is 409. The molecule has 0 saturated carbocycles. The molecule has 0 radical (unpaired) electrons. The molecule has 0 spiro atoms. The van der Waals surface area contributed by atoms with Crippen molar-refractivity contribution in [1.29, 1.82) is 0 Å². The summed E-state index contributed by atoms with van der Waals surface area (Å²) in [4.78, 5) is 11.8. The standard InChI is InChI=1S/C13H17ClN2O2.ClH/c14-11-4-2-1-3-10(11)5-6-16-13(17)12-9-15-7-8-18-12;/h1-4,12,15H,5-9H2,(H,16,17);1H. The van der Waals surface area contributed by atoms with Crippen molar-refractivity contribution in [2.75, 3.05) is 26.2 Å². The lowest BCUT2D eigenvalue weighted by Gasteiger charge is -2.22. The zero-order chi connectivity index (χ0) is 12.8. The van der Waals surface area contributed by atoms with Gasteiger partial charge in [0, 0.05) is 24.7 Å². The molecule has 1 unspecified atom stereocenters. The third-order valence-corrected chi connectivity index (χ3v) is 3.24. The van der Waals surface area contributed by atoms with Crippen LogP contribution in [0.3, 0.4) is 0 Å². The maximum Gasteiger partial charge on any atom is 0.250 e. The fraction of sp³-hybridized carbons (Fsp3) is 0.462. The lowest BCUT2D eigenvalue weighted by Crippen LogP contribution is -2.48. The van der Waals surface area contributed by atoms with Crippen molar-refractivity contribution in [3.8, 4) is 0 Å². The zero-order valence-corrected chi connectivity index (χ0v) is 12.1. The molecule has 1 saturated heterocycles. The number of hydrogen-bond donors (Lipinski definition) is 2. The van der Waals surface area contributed by atoms with Crippen molar-refractivity contribution in [2.24, 2.45) is 0 Å². The molecule has 4 nitrogen and oxygen atoms in total. The third kappa shape index (κ3) is 4.99. The molecule has 2 rings (SSSR count). The van der Waals surface area contributed by atoms with Crippen LogP contribution in [0, 0.1) is 0 Å². The van der Waals surface area contributed by atoms with E-state index in [0.29, 0.717) is 19.7 Å². The minimum absolute atomic E-state index is 0. The molecule has 1 amide bonds. The Labute approximate surface area is 124 Å². The highest BCUT2D eigenvalue weighted by Gasteiger charge is 2.20. The summed E-state index contributed by atoms with van der Waals surface area (Å²) in [7, 11) is 0. The Morgan fingerprint density at radius 2 is 2.26 bits per heavy atom. The van der Waals surface area contributed by atoms with Gasteiger partial charge in [-0.15, -0.1) is 12.4 Å². The van der Waals surface area contributed by atoms with E-state index < -0.39 is 0 Å². The molecule has 1 fully saturated rings. The van der Waals surface area contributed by atoms with E-state index in [-0.39, 0.29) is 24.4 Å². The lowest BCUT2D eigenvalue weighted by molar-refractivity contribution is -0.134. The van der Waals surface area contributed by atoms with Gasteiger partial charge in [-0.05, 0) is 18.1 Å². The van der Waals surface area contributed by atoms with Crippen LogP contribution in [0.4, 0.5) is 0 Å². The maximum absolute atomic E-state index is 11.8. The molecule has 0 aliphatic carbocycles. The van der Waals surface area contributed by atoms with Crippen LogP contribution in [0.2, 0.25) is 5.02 Å². The van der Waals surface area contributed by atoms with Crippen LogP contribution in [-0.2, 0) is 16.0 Å². The quantitative estimate of drug-likeness (QED) is 0.884. The average Bonchev–Trinajstić information content (AvgIpc) is 2.42. The van der Waals surface area contributed by atoms with Gasteiger partial charge in [0.2, 0.25) is 5.91 Å². The summed E-state index contributed by atoms with van der Waals surface area (Å²) >= 11 is 6.04. The van der Waals surface area contributed by atoms with Gasteiger partial charge < -0.3 is 15.4 Å². The van der Waals surface area contributed by atoms with E-state index in [1.165, 1.54) is 0 Å². The fourth-order valence-corrected chi connectivity index (χ4v) is 2.10. The van der Waals surface area contributed by atoms with Crippen LogP contribution in [-0.4, -0.2) is 38.3 Å². The predicted molar refractivity (Wildman–Crippen MR) is 78.0 cm³/mol. The van der Waals surface area contributed by atoms with Crippen LogP contribution in [0.5, 0.6) is 0 Å². The molecule has 2 N–H and O–H groups in total. The maximum atomic E-state index is 11.8. The van der Waals surface area contributed by atoms with Crippen LogP contribution < -0.4 is 10.6 Å². The number of rotatable bonds is 4. The van der Waals surface area contributed by atoms with E-state index in [1.54, 1.807) is 0 Å². The van der Waals surface area contributed by atoms with E-state index in [2.05, 4.69) is 10.6 Å². The summed E-state index contributed by atoms with van der Waals surface area (Å²) in [5.74, 6) is -0.0609. The molecule has 106 valence electrons. The molecule has 1 aromatic carbocycles. The van der Waals surface area contributed by atoms with Crippen LogP contribution in [0.25, 0.3) is 0 Å². The van der Waals surface area contributed by atoms with Crippen molar-refractivity contribution in [3.05, 3.63) is 34.9 Å². The fourth-order valence-electron chi connectivity index (χ4n) is 1.87. The highest BCUT2D eigenvalue weighted by atomic mass is 35.5. The number of carbonyl (C=O) groups is 1. The van der Waals surface area contributed by atoms with Gasteiger partial charge in [0.15, 0.2) is 0 Å². The Kier molecular flexibility index (Phi) is 7.16. The van der Waals surface area contributed by atoms with Gasteiger partial charge in [-0.2, -0.15) is 0 Å². The predicted octanol–water partition coefficient (Wildman–Crippen LogP) is 1.41. The van der Waals surface area contributed by atoms with Crippen molar-refractivity contribution >= 4 is 29.9 Å². The number of amides is 1. The second-order valence-corrected chi connectivity index (χ2v) is 4.60. The second-order valence-electron chi connectivity index (χ2n) is 4.20. The number of morpholine rings is 1. The Morgan fingerprint density at radius 3 is 2.95 bits per heavy atom. The number of halogens is 2. The molecular formula is C13H18Cl2N2O2. The molecule has 0 bridgehead atoms. The van der Waals surface area contributed by atoms with E-state index >= 15 is 0 Å². The van der Waals surface area contributed by atoms with Crippen molar-refractivity contribution in [1.82, 2.24) is 10.6 Å². The monoisotopic (exact) mass is 304 g/mol. The summed E-state index contributed by atoms with van der Waals surface area (Å²) in [5, 5.41) is 6.73. The lowest BCUT2D eigenvalue weighted by atomic mass is 10.1. The van der Waals surface area contributed by atoms with Crippen molar-refractivity contribution in [2.45, 2.75) is 12.5 Å². The van der Waals surface area contributed by atoms with Gasteiger partial charge >= 0.3 is 0 Å². The van der Waals surface area contributed by atoms with Gasteiger partial charge in [-0.25, -0.2) is 0 Å². The van der Waals surface area contributed by atoms with Crippen molar-refractivity contribution < 1.29 is 9.53 Å². The summed E-state index contributed by atoms with van der Waals surface area (Å²) in [6, 6.07) is 7.66. The molecule has 1 aliphatic heterocycles. The van der Waals surface area contributed by atoms with E-state index in [0.717, 1.165) is 23.6 Å². The van der Waals surface area contributed by atoms with Crippen molar-refractivity contribution in [3.63, 3.8) is 0 Å². The molecule has 19 heavy (non-hydrogen) atoms. The minimum Gasteiger partial charge on any atom is -0.366 e. The molecule has 1 atom stereocenters. The minimum atomic E-state index is -0.370. The largest absolute Gasteiger partial charge is 0.366 e. The first-order chi connectivity index (χ1) is 8.77. The summed E-state index contributed by atoms with van der Waals surface area (Å²) in [6.45, 7) is 2.55. The van der Waals surface area contributed by atoms with Gasteiger partial charge in [-0.1, -0.05) is 29.8 Å². The first kappa shape index (κ1) is 16.2. The van der Waals surface area contributed by atoms with Gasteiger partial charge in [0.1, 0.15) is 6.10 Å². The van der Waals surface area contributed by atoms with E-state index in [4.69, 9.17) is 16.3 Å². The summed E-state index contributed by atoms with van der Waals surface area (Å²) in [6.07, 6.45) is 0.357. The molecule has 1 aliphatic rings. The second kappa shape index (κ2) is 8.38. The Morgan fingerprint density at radius 1 is 1.47 bits per heavy atom. The zero-order valence-electron chi connectivity index (χ0n) is 10.5. The van der Waals surface area contributed by atoms with Gasteiger partial charge in [0.05, 0.1) is 6.61 Å². The number of hydrogen-bond acceptors (Lipinski definition) is 3. The first-order valence-corrected chi connectivity index (χ1v) is 6.48. The third-order valence-electron chi connectivity index (χ3n) is 2.87. The number of ether oxygens (including phenoxy) is 1. The summed E-state index contributed by atoms with van der Waals surface area (Å²) < 4.78 is 5.37. The normalized spacial score (nSPS) is 18.5. The molecule has 6 heteroatoms. The highest BCUT2D eigenvalue weighted by Crippen LogP contribution is 2.14. The molecule has 1 aromatic rings. The van der Waals surface area contributed by atoms with E-state index in [9.17, 15) is 4.79 Å². The van der Waals surface area contributed by atoms with Crippen LogP contribution in [0.15, 0.2) is 24.3 Å². The topological polar surface area (TPSA) is 50.4 Å². The average molecular weight is 305 g/mol.